The second-order valence-electron chi connectivity index (χ2n) is 9.23. The molecule has 1 amide bonds. The number of carbonyl (C=O) groups excluding carboxylic acids is 1. The van der Waals surface area contributed by atoms with E-state index in [1.807, 2.05) is 43.3 Å². The summed E-state index contributed by atoms with van der Waals surface area (Å²) in [5.41, 5.74) is 1.44. The number of hydrogen-bond donors (Lipinski definition) is 2. The van der Waals surface area contributed by atoms with Gasteiger partial charge in [0.1, 0.15) is 30.1 Å². The van der Waals surface area contributed by atoms with Crippen LogP contribution in [0.5, 0.6) is 5.75 Å². The van der Waals surface area contributed by atoms with Crippen LogP contribution >= 0.6 is 11.6 Å². The smallest absolute Gasteiger partial charge is 0.222 e. The Morgan fingerprint density at radius 3 is 3.00 bits per heavy atom. The summed E-state index contributed by atoms with van der Waals surface area (Å²) in [5.74, 6) is 7.97. The number of amides is 1. The Hall–Kier alpha value is -3.28. The third kappa shape index (κ3) is 6.65. The molecule has 2 atom stereocenters. The van der Waals surface area contributed by atoms with Gasteiger partial charge in [-0.05, 0) is 50.6 Å². The van der Waals surface area contributed by atoms with Crippen molar-refractivity contribution in [1.82, 2.24) is 24.8 Å². The Bertz CT molecular complexity index is 1230. The zero-order valence-corrected chi connectivity index (χ0v) is 21.1. The minimum atomic E-state index is 0.148. The number of H-pyrrole nitrogens is 1. The number of nitrogens with one attached hydrogen (secondary N) is 2. The van der Waals surface area contributed by atoms with Crippen molar-refractivity contribution in [3.05, 3.63) is 47.4 Å². The van der Waals surface area contributed by atoms with Crippen molar-refractivity contribution in [3.8, 4) is 17.6 Å². The van der Waals surface area contributed by atoms with Gasteiger partial charge in [-0.2, -0.15) is 0 Å². The highest BCUT2D eigenvalue weighted by Crippen LogP contribution is 2.24. The molecule has 0 saturated carbocycles. The number of aromatic amines is 1. The van der Waals surface area contributed by atoms with Gasteiger partial charge in [-0.25, -0.2) is 9.97 Å². The zero-order chi connectivity index (χ0) is 24.8. The molecule has 9 heteroatoms. The standard InChI is InChI=1S/C26H31ClN6O2/c1-18(15-32(2)3)13-24(34)33-11-10-20(16-33)31-26-21-14-19(30-25(21)28-17-29-26)7-6-12-35-23-9-5-4-8-22(23)27/h4-5,8-9,14,17-18,20H,10-13,15-16H2,1-3H3,(H2,28,29,30,31)/t18?,20-/m1/s1. The van der Waals surface area contributed by atoms with E-state index in [4.69, 9.17) is 16.3 Å². The molecule has 35 heavy (non-hydrogen) atoms. The van der Waals surface area contributed by atoms with E-state index in [-0.39, 0.29) is 18.6 Å². The number of likely N-dealkylation sites (tertiary alicyclic amines) is 1. The number of para-hydroxylation sites is 1. The monoisotopic (exact) mass is 494 g/mol. The Kier molecular flexibility index (Phi) is 8.11. The van der Waals surface area contributed by atoms with E-state index in [0.29, 0.717) is 35.3 Å². The van der Waals surface area contributed by atoms with Crippen LogP contribution in [0.25, 0.3) is 11.0 Å². The molecule has 3 aromatic rings. The van der Waals surface area contributed by atoms with Crippen molar-refractivity contribution in [2.75, 3.05) is 45.7 Å². The van der Waals surface area contributed by atoms with Crippen LogP contribution in [-0.4, -0.2) is 77.0 Å². The van der Waals surface area contributed by atoms with Crippen molar-refractivity contribution in [3.63, 3.8) is 0 Å². The summed E-state index contributed by atoms with van der Waals surface area (Å²) in [6.07, 6.45) is 2.98. The number of benzene rings is 1. The lowest BCUT2D eigenvalue weighted by Gasteiger charge is -2.21. The number of nitrogens with zero attached hydrogens (tertiary/aromatic N) is 4. The van der Waals surface area contributed by atoms with E-state index in [0.717, 1.165) is 36.4 Å². The van der Waals surface area contributed by atoms with Crippen LogP contribution < -0.4 is 10.1 Å². The third-order valence-corrected chi connectivity index (χ3v) is 6.18. The molecule has 2 N–H and O–H groups in total. The maximum Gasteiger partial charge on any atom is 0.222 e. The predicted octanol–water partition coefficient (Wildman–Crippen LogP) is 3.64. The first-order valence-corrected chi connectivity index (χ1v) is 12.2. The van der Waals surface area contributed by atoms with Gasteiger partial charge in [-0.1, -0.05) is 36.6 Å². The van der Waals surface area contributed by atoms with E-state index in [1.54, 1.807) is 6.07 Å². The number of anilines is 1. The molecule has 184 valence electrons. The minimum Gasteiger partial charge on any atom is -0.479 e. The van der Waals surface area contributed by atoms with Crippen molar-refractivity contribution in [2.24, 2.45) is 5.92 Å². The van der Waals surface area contributed by atoms with E-state index in [2.05, 4.69) is 43.9 Å². The SMILES string of the molecule is CC(CC(=O)N1CC[C@@H](Nc2ncnc3[nH]c(C#CCOc4ccccc4Cl)cc23)C1)CN(C)C. The molecule has 0 aliphatic carbocycles. The maximum absolute atomic E-state index is 12.7. The van der Waals surface area contributed by atoms with Gasteiger partial charge in [-0.3, -0.25) is 4.79 Å². The van der Waals surface area contributed by atoms with E-state index >= 15 is 0 Å². The summed E-state index contributed by atoms with van der Waals surface area (Å²) < 4.78 is 5.62. The van der Waals surface area contributed by atoms with Gasteiger partial charge < -0.3 is 24.8 Å². The van der Waals surface area contributed by atoms with E-state index in [9.17, 15) is 4.79 Å². The van der Waals surface area contributed by atoms with Crippen LogP contribution in [0.1, 0.15) is 25.5 Å². The van der Waals surface area contributed by atoms with Crippen LogP contribution in [0.2, 0.25) is 5.02 Å². The summed E-state index contributed by atoms with van der Waals surface area (Å²) in [7, 11) is 4.07. The van der Waals surface area contributed by atoms with Crippen LogP contribution in [0.15, 0.2) is 36.7 Å². The van der Waals surface area contributed by atoms with Gasteiger partial charge >= 0.3 is 0 Å². The van der Waals surface area contributed by atoms with Crippen molar-refractivity contribution < 1.29 is 9.53 Å². The molecule has 1 fully saturated rings. The van der Waals surface area contributed by atoms with E-state index in [1.165, 1.54) is 6.33 Å². The van der Waals surface area contributed by atoms with Gasteiger partial charge in [0.15, 0.2) is 0 Å². The third-order valence-electron chi connectivity index (χ3n) is 5.87. The lowest BCUT2D eigenvalue weighted by Crippen LogP contribution is -2.34. The summed E-state index contributed by atoms with van der Waals surface area (Å²) in [5, 5.41) is 4.93. The molecule has 0 spiro atoms. The number of carbonyl (C=O) groups is 1. The highest BCUT2D eigenvalue weighted by atomic mass is 35.5. The van der Waals surface area contributed by atoms with Gasteiger partial charge in [0.25, 0.3) is 0 Å². The molecule has 1 aliphatic rings. The van der Waals surface area contributed by atoms with Crippen molar-refractivity contribution in [1.29, 1.82) is 0 Å². The lowest BCUT2D eigenvalue weighted by molar-refractivity contribution is -0.131. The average molecular weight is 495 g/mol. The Morgan fingerprint density at radius 2 is 2.20 bits per heavy atom. The highest BCUT2D eigenvalue weighted by molar-refractivity contribution is 6.32. The molecule has 1 aliphatic heterocycles. The lowest BCUT2D eigenvalue weighted by atomic mass is 10.1. The predicted molar refractivity (Wildman–Crippen MR) is 139 cm³/mol. The number of hydrogen-bond acceptors (Lipinski definition) is 6. The van der Waals surface area contributed by atoms with Gasteiger partial charge in [0.05, 0.1) is 16.1 Å². The zero-order valence-electron chi connectivity index (χ0n) is 20.3. The molecule has 1 aromatic carbocycles. The fourth-order valence-electron chi connectivity index (χ4n) is 4.34. The normalized spacial score (nSPS) is 16.3. The average Bonchev–Trinajstić information content (AvgIpc) is 3.45. The molecule has 8 nitrogen and oxygen atoms in total. The molecular weight excluding hydrogens is 464 g/mol. The molecule has 0 radical (unpaired) electrons. The summed E-state index contributed by atoms with van der Waals surface area (Å²) in [4.78, 5) is 28.8. The Morgan fingerprint density at radius 1 is 1.37 bits per heavy atom. The van der Waals surface area contributed by atoms with Gasteiger partial charge in [0.2, 0.25) is 5.91 Å². The number of rotatable bonds is 8. The largest absolute Gasteiger partial charge is 0.479 e. The van der Waals surface area contributed by atoms with Crippen molar-refractivity contribution in [2.45, 2.75) is 25.8 Å². The van der Waals surface area contributed by atoms with Crippen molar-refractivity contribution >= 4 is 34.4 Å². The van der Waals surface area contributed by atoms with Crippen LogP contribution in [0.4, 0.5) is 5.82 Å². The van der Waals surface area contributed by atoms with Crippen LogP contribution in [0.3, 0.4) is 0 Å². The summed E-state index contributed by atoms with van der Waals surface area (Å²) in [6.45, 7) is 4.68. The first-order chi connectivity index (χ1) is 16.9. The molecule has 2 aromatic heterocycles. The fraction of sp³-hybridized carbons (Fsp3) is 0.423. The van der Waals surface area contributed by atoms with Crippen LogP contribution in [-0.2, 0) is 4.79 Å². The second-order valence-corrected chi connectivity index (χ2v) is 9.64. The maximum atomic E-state index is 12.7. The molecule has 1 unspecified atom stereocenters. The quantitative estimate of drug-likeness (QED) is 0.465. The van der Waals surface area contributed by atoms with Gasteiger partial charge in [0, 0.05) is 32.1 Å². The number of aromatic nitrogens is 3. The Labute approximate surface area is 211 Å². The Balaban J connectivity index is 1.35. The topological polar surface area (TPSA) is 86.4 Å². The summed E-state index contributed by atoms with van der Waals surface area (Å²) >= 11 is 6.10. The minimum absolute atomic E-state index is 0.148. The fourth-order valence-corrected chi connectivity index (χ4v) is 4.53. The first-order valence-electron chi connectivity index (χ1n) is 11.8. The first kappa shape index (κ1) is 24.8. The van der Waals surface area contributed by atoms with E-state index < -0.39 is 0 Å². The molecule has 3 heterocycles. The molecule has 1 saturated heterocycles. The molecule has 4 rings (SSSR count). The summed E-state index contributed by atoms with van der Waals surface area (Å²) in [6, 6.07) is 9.38. The second kappa shape index (κ2) is 11.4. The number of fused-ring (bicyclic) bond motifs is 1. The molecule has 0 bridgehead atoms. The molecular formula is C26H31ClN6O2. The number of halogens is 1. The van der Waals surface area contributed by atoms with Crippen LogP contribution in [0, 0.1) is 17.8 Å². The highest BCUT2D eigenvalue weighted by Gasteiger charge is 2.27. The van der Waals surface area contributed by atoms with Gasteiger partial charge in [-0.15, -0.1) is 0 Å². The number of ether oxygens (including phenoxy) is 1.